The summed E-state index contributed by atoms with van der Waals surface area (Å²) in [7, 11) is 0. The van der Waals surface area contributed by atoms with Gasteiger partial charge in [-0.3, -0.25) is 0 Å². The molecule has 0 heterocycles. The Balaban J connectivity index is 1.08. The van der Waals surface area contributed by atoms with Crippen molar-refractivity contribution in [2.24, 2.45) is 10.2 Å². The second-order valence-electron chi connectivity index (χ2n) is 11.7. The molecule has 0 N–H and O–H groups in total. The lowest BCUT2D eigenvalue weighted by molar-refractivity contribution is -0.137. The second kappa shape index (κ2) is 19.5. The van der Waals surface area contributed by atoms with Crippen LogP contribution in [0.1, 0.15) is 63.6 Å². The van der Waals surface area contributed by atoms with Crippen LogP contribution in [0.15, 0.2) is 144 Å². The highest BCUT2D eigenvalue weighted by Crippen LogP contribution is 2.24. The summed E-state index contributed by atoms with van der Waals surface area (Å²) in [6.07, 6.45) is 4.72. The molecule has 10 heteroatoms. The van der Waals surface area contributed by atoms with Gasteiger partial charge in [-0.15, -0.1) is 0 Å². The van der Waals surface area contributed by atoms with Crippen molar-refractivity contribution < 1.29 is 33.3 Å². The van der Waals surface area contributed by atoms with Gasteiger partial charge in [0.05, 0.1) is 47.9 Å². The normalized spacial score (nSPS) is 11.0. The standard InChI is InChI=1S/C44H37N3O7/c1-3-41(35-17-25-40(26-18-35)54-44(50)37-19-21-38(22-20-37)51-27-5-6-28-52-42(48)4-2)47-46-30-32-9-13-36(14-10-32)43(49)53-39-23-15-34(16-24-39)33-11-7-31(29-45)8-12-33/h4,7-26,30H,2-3,5-6,27-28H2,1H3/b46-30+,47-41+. The molecule has 5 rings (SSSR count). The predicted octanol–water partition coefficient (Wildman–Crippen LogP) is 8.79. The van der Waals surface area contributed by atoms with Gasteiger partial charge in [0.25, 0.3) is 0 Å². The Hall–Kier alpha value is -7.12. The maximum absolute atomic E-state index is 12.7. The van der Waals surface area contributed by atoms with E-state index in [1.165, 1.54) is 0 Å². The van der Waals surface area contributed by atoms with Gasteiger partial charge in [-0.1, -0.05) is 49.9 Å². The van der Waals surface area contributed by atoms with Crippen LogP contribution in [0.2, 0.25) is 0 Å². The fraction of sp³-hybridized carbons (Fsp3) is 0.136. The molecule has 5 aromatic rings. The van der Waals surface area contributed by atoms with Crippen molar-refractivity contribution in [2.75, 3.05) is 13.2 Å². The fourth-order valence-corrected chi connectivity index (χ4v) is 5.02. The summed E-state index contributed by atoms with van der Waals surface area (Å²) < 4.78 is 21.7. The van der Waals surface area contributed by atoms with Gasteiger partial charge in [-0.2, -0.15) is 15.5 Å². The third kappa shape index (κ3) is 11.2. The Labute approximate surface area is 313 Å². The maximum atomic E-state index is 12.7. The molecule has 270 valence electrons. The van der Waals surface area contributed by atoms with Crippen molar-refractivity contribution in [3.8, 4) is 34.4 Å². The van der Waals surface area contributed by atoms with Crippen molar-refractivity contribution in [1.82, 2.24) is 0 Å². The fourth-order valence-electron chi connectivity index (χ4n) is 5.02. The van der Waals surface area contributed by atoms with Crippen LogP contribution < -0.4 is 14.2 Å². The number of benzene rings is 5. The third-order valence-corrected chi connectivity index (χ3v) is 7.99. The molecule has 0 bridgehead atoms. The van der Waals surface area contributed by atoms with E-state index in [0.717, 1.165) is 34.0 Å². The Kier molecular flexibility index (Phi) is 13.7. The highest BCUT2D eigenvalue weighted by Gasteiger charge is 2.11. The summed E-state index contributed by atoms with van der Waals surface area (Å²) in [6, 6.07) is 37.1. The lowest BCUT2D eigenvalue weighted by atomic mass is 10.0. The Bertz CT molecular complexity index is 2150. The summed E-state index contributed by atoms with van der Waals surface area (Å²) in [6.45, 7) is 6.08. The van der Waals surface area contributed by atoms with Crippen LogP contribution in [-0.2, 0) is 9.53 Å². The summed E-state index contributed by atoms with van der Waals surface area (Å²) in [5.41, 5.74) is 5.58. The zero-order chi connectivity index (χ0) is 38.1. The van der Waals surface area contributed by atoms with E-state index >= 15 is 0 Å². The van der Waals surface area contributed by atoms with Crippen LogP contribution >= 0.6 is 0 Å². The zero-order valence-electron chi connectivity index (χ0n) is 29.6. The van der Waals surface area contributed by atoms with Crippen molar-refractivity contribution in [3.63, 3.8) is 0 Å². The van der Waals surface area contributed by atoms with Crippen molar-refractivity contribution in [1.29, 1.82) is 5.26 Å². The van der Waals surface area contributed by atoms with E-state index in [1.54, 1.807) is 91.1 Å². The molecule has 0 radical (unpaired) electrons. The van der Waals surface area contributed by atoms with E-state index in [-0.39, 0.29) is 0 Å². The van der Waals surface area contributed by atoms with E-state index in [9.17, 15) is 14.4 Å². The molecule has 0 fully saturated rings. The van der Waals surface area contributed by atoms with Crippen LogP contribution in [0.4, 0.5) is 0 Å². The topological polar surface area (TPSA) is 137 Å². The first-order valence-corrected chi connectivity index (χ1v) is 17.2. The van der Waals surface area contributed by atoms with E-state index in [2.05, 4.69) is 22.9 Å². The zero-order valence-corrected chi connectivity index (χ0v) is 29.6. The highest BCUT2D eigenvalue weighted by molar-refractivity contribution is 6.01. The predicted molar refractivity (Wildman–Crippen MR) is 206 cm³/mol. The van der Waals surface area contributed by atoms with E-state index in [4.69, 9.17) is 24.2 Å². The van der Waals surface area contributed by atoms with Gasteiger partial charge in [0.1, 0.15) is 17.2 Å². The molecule has 0 aromatic heterocycles. The SMILES string of the molecule is C=CC(=O)OCCCCOc1ccc(C(=O)Oc2ccc(/C(CC)=N/N=C/c3ccc(C(=O)Oc4ccc(-c5ccc(C#N)cc5)cc4)cc3)cc2)cc1. The van der Waals surface area contributed by atoms with Crippen molar-refractivity contribution in [2.45, 2.75) is 26.2 Å². The van der Waals surface area contributed by atoms with E-state index in [1.807, 2.05) is 43.3 Å². The first-order valence-electron chi connectivity index (χ1n) is 17.2. The molecule has 0 amide bonds. The number of carbonyl (C=O) groups excluding carboxylic acids is 3. The Morgan fingerprint density at radius 1 is 0.667 bits per heavy atom. The number of unbranched alkanes of at least 4 members (excludes halogenated alkanes) is 1. The van der Waals surface area contributed by atoms with E-state index < -0.39 is 17.9 Å². The van der Waals surface area contributed by atoms with Crippen LogP contribution in [-0.4, -0.2) is 43.0 Å². The molecular formula is C44H37N3O7. The molecule has 0 aliphatic carbocycles. The molecule has 0 atom stereocenters. The molecular weight excluding hydrogens is 682 g/mol. The number of hydrogen-bond acceptors (Lipinski definition) is 10. The molecule has 0 unspecified atom stereocenters. The van der Waals surface area contributed by atoms with Crippen LogP contribution in [0.3, 0.4) is 0 Å². The van der Waals surface area contributed by atoms with Gasteiger partial charge in [0, 0.05) is 6.08 Å². The first-order chi connectivity index (χ1) is 26.3. The van der Waals surface area contributed by atoms with Gasteiger partial charge in [-0.25, -0.2) is 14.4 Å². The molecule has 0 saturated heterocycles. The van der Waals surface area contributed by atoms with Gasteiger partial charge >= 0.3 is 17.9 Å². The highest BCUT2D eigenvalue weighted by atomic mass is 16.5. The summed E-state index contributed by atoms with van der Waals surface area (Å²) >= 11 is 0. The summed E-state index contributed by atoms with van der Waals surface area (Å²) in [5, 5.41) is 17.6. The van der Waals surface area contributed by atoms with Crippen molar-refractivity contribution >= 4 is 29.8 Å². The van der Waals surface area contributed by atoms with Crippen LogP contribution in [0.5, 0.6) is 17.2 Å². The molecule has 54 heavy (non-hydrogen) atoms. The van der Waals surface area contributed by atoms with Gasteiger partial charge in [-0.05, 0) is 126 Å². The number of nitriles is 1. The van der Waals surface area contributed by atoms with E-state index in [0.29, 0.717) is 66.4 Å². The average molecular weight is 720 g/mol. The largest absolute Gasteiger partial charge is 0.494 e. The number of ether oxygens (including phenoxy) is 4. The lowest BCUT2D eigenvalue weighted by Crippen LogP contribution is -2.09. The Morgan fingerprint density at radius 3 is 1.72 bits per heavy atom. The first kappa shape index (κ1) is 38.1. The molecule has 0 aliphatic heterocycles. The van der Waals surface area contributed by atoms with Crippen LogP contribution in [0, 0.1) is 11.3 Å². The van der Waals surface area contributed by atoms with Gasteiger partial charge < -0.3 is 18.9 Å². The third-order valence-electron chi connectivity index (χ3n) is 7.99. The van der Waals surface area contributed by atoms with Gasteiger partial charge in [0.15, 0.2) is 0 Å². The van der Waals surface area contributed by atoms with Crippen molar-refractivity contribution in [3.05, 3.63) is 162 Å². The molecule has 0 aliphatic rings. The summed E-state index contributed by atoms with van der Waals surface area (Å²) in [4.78, 5) is 36.5. The molecule has 5 aromatic carbocycles. The maximum Gasteiger partial charge on any atom is 0.343 e. The van der Waals surface area contributed by atoms with Crippen LogP contribution in [0.25, 0.3) is 11.1 Å². The Morgan fingerprint density at radius 2 is 1.17 bits per heavy atom. The minimum Gasteiger partial charge on any atom is -0.494 e. The molecule has 0 spiro atoms. The second-order valence-corrected chi connectivity index (χ2v) is 11.7. The minimum atomic E-state index is -0.499. The average Bonchev–Trinajstić information content (AvgIpc) is 3.21. The quantitative estimate of drug-likeness (QED) is 0.0247. The smallest absolute Gasteiger partial charge is 0.343 e. The molecule has 0 saturated carbocycles. The number of nitrogens with zero attached hydrogens (tertiary/aromatic N) is 3. The monoisotopic (exact) mass is 719 g/mol. The number of rotatable bonds is 16. The number of carbonyl (C=O) groups is 3. The summed E-state index contributed by atoms with van der Waals surface area (Å²) in [5.74, 6) is -0.00159. The number of hydrogen-bond donors (Lipinski definition) is 0. The lowest BCUT2D eigenvalue weighted by Gasteiger charge is -2.08. The number of esters is 3. The van der Waals surface area contributed by atoms with Gasteiger partial charge in [0.2, 0.25) is 0 Å². The minimum absolute atomic E-state index is 0.306. The molecule has 10 nitrogen and oxygen atoms in total.